The number of anilines is 1. The lowest BCUT2D eigenvalue weighted by molar-refractivity contribution is -0.128. The van der Waals surface area contributed by atoms with Crippen LogP contribution in [0.1, 0.15) is 20.3 Å². The Labute approximate surface area is 213 Å². The molecular weight excluding hydrogens is 480 g/mol. The molecule has 8 heteroatoms. The molecule has 0 spiro atoms. The molecule has 1 N–H and O–H groups in total. The van der Waals surface area contributed by atoms with Crippen LogP contribution in [0.4, 0.5) is 11.4 Å². The third-order valence-corrected chi connectivity index (χ3v) is 7.56. The molecule has 4 aromatic rings. The summed E-state index contributed by atoms with van der Waals surface area (Å²) in [6.07, 6.45) is 0.0741. The number of nitrogens with zero attached hydrogens (tertiary/aromatic N) is 3. The first-order valence-electron chi connectivity index (χ1n) is 11.6. The van der Waals surface area contributed by atoms with E-state index in [0.717, 1.165) is 23.1 Å². The lowest BCUT2D eigenvalue weighted by Gasteiger charge is -2.13. The van der Waals surface area contributed by atoms with Crippen molar-refractivity contribution in [2.45, 2.75) is 32.1 Å². The van der Waals surface area contributed by atoms with Crippen LogP contribution in [0.25, 0.3) is 21.8 Å². The zero-order valence-corrected chi connectivity index (χ0v) is 21.1. The fourth-order valence-corrected chi connectivity index (χ4v) is 5.84. The molecule has 1 fully saturated rings. The van der Waals surface area contributed by atoms with Gasteiger partial charge in [-0.2, -0.15) is 0 Å². The zero-order chi connectivity index (χ0) is 24.5. The number of nitrogens with one attached hydrogen (secondary N) is 1. The van der Waals surface area contributed by atoms with Crippen LogP contribution in [0.3, 0.4) is 0 Å². The Hall–Kier alpha value is -3.29. The summed E-state index contributed by atoms with van der Waals surface area (Å²) in [6, 6.07) is 21.4. The van der Waals surface area contributed by atoms with Gasteiger partial charge in [-0.05, 0) is 62.4 Å². The highest BCUT2D eigenvalue weighted by molar-refractivity contribution is 8.15. The molecular formula is C27H25ClN4O2S. The standard InChI is InChI=1S/C27H25ClN4O2S/c1-3-31-22-8-6-5-7-20(22)21-15-19(13-14-23(21)31)30-27-32(4-2)26(34)24(35-27)16-25(33)29-18-11-9-17(28)10-12-18/h5-15,24H,3-4,16H2,1-2H3,(H,29,33). The summed E-state index contributed by atoms with van der Waals surface area (Å²) in [5, 5.41) is 5.88. The molecule has 1 aliphatic heterocycles. The quantitative estimate of drug-likeness (QED) is 0.328. The van der Waals surface area contributed by atoms with Gasteiger partial charge >= 0.3 is 0 Å². The van der Waals surface area contributed by atoms with E-state index in [-0.39, 0.29) is 18.2 Å². The van der Waals surface area contributed by atoms with Gasteiger partial charge in [0.2, 0.25) is 11.8 Å². The first kappa shape index (κ1) is 23.5. The van der Waals surface area contributed by atoms with Crippen LogP contribution in [0.15, 0.2) is 71.7 Å². The molecule has 0 radical (unpaired) electrons. The van der Waals surface area contributed by atoms with E-state index in [9.17, 15) is 9.59 Å². The lowest BCUT2D eigenvalue weighted by atomic mass is 10.1. The Bertz CT molecular complexity index is 1460. The number of halogens is 1. The average molecular weight is 505 g/mol. The van der Waals surface area contributed by atoms with Crippen LogP contribution in [-0.4, -0.2) is 38.2 Å². The van der Waals surface area contributed by atoms with Gasteiger partial charge in [-0.3, -0.25) is 14.5 Å². The molecule has 0 aliphatic carbocycles. The Morgan fingerprint density at radius 2 is 1.74 bits per heavy atom. The average Bonchev–Trinajstić information content (AvgIpc) is 3.33. The van der Waals surface area contributed by atoms with Crippen molar-refractivity contribution in [3.05, 3.63) is 71.8 Å². The van der Waals surface area contributed by atoms with Crippen LogP contribution in [0.5, 0.6) is 0 Å². The van der Waals surface area contributed by atoms with E-state index in [2.05, 4.69) is 47.1 Å². The summed E-state index contributed by atoms with van der Waals surface area (Å²) in [5.41, 5.74) is 3.80. The van der Waals surface area contributed by atoms with Crippen molar-refractivity contribution in [3.8, 4) is 0 Å². The normalized spacial score (nSPS) is 17.1. The number of aliphatic imine (C=N–C) groups is 1. The molecule has 0 bridgehead atoms. The van der Waals surface area contributed by atoms with Crippen LogP contribution in [0, 0.1) is 0 Å². The molecule has 1 atom stereocenters. The van der Waals surface area contributed by atoms with Gasteiger partial charge in [-0.1, -0.05) is 41.6 Å². The second-order valence-corrected chi connectivity index (χ2v) is 9.91. The highest BCUT2D eigenvalue weighted by atomic mass is 35.5. The largest absolute Gasteiger partial charge is 0.341 e. The van der Waals surface area contributed by atoms with Crippen LogP contribution in [-0.2, 0) is 16.1 Å². The number of aryl methyl sites for hydroxylation is 1. The van der Waals surface area contributed by atoms with Gasteiger partial charge in [0.25, 0.3) is 0 Å². The number of aromatic nitrogens is 1. The molecule has 1 aromatic heterocycles. The van der Waals surface area contributed by atoms with Crippen molar-refractivity contribution >= 4 is 73.5 Å². The van der Waals surface area contributed by atoms with Crippen molar-refractivity contribution in [2.75, 3.05) is 11.9 Å². The number of hydrogen-bond acceptors (Lipinski definition) is 4. The fourth-order valence-electron chi connectivity index (χ4n) is 4.49. The summed E-state index contributed by atoms with van der Waals surface area (Å²) in [5.74, 6) is -0.310. The Balaban J connectivity index is 1.40. The zero-order valence-electron chi connectivity index (χ0n) is 19.5. The van der Waals surface area contributed by atoms with E-state index in [1.165, 1.54) is 22.7 Å². The van der Waals surface area contributed by atoms with E-state index >= 15 is 0 Å². The van der Waals surface area contributed by atoms with E-state index in [0.29, 0.717) is 22.4 Å². The molecule has 2 amide bonds. The first-order valence-corrected chi connectivity index (χ1v) is 12.9. The van der Waals surface area contributed by atoms with Crippen LogP contribution < -0.4 is 5.32 Å². The summed E-state index contributed by atoms with van der Waals surface area (Å²) in [7, 11) is 0. The smallest absolute Gasteiger partial charge is 0.242 e. The minimum absolute atomic E-state index is 0.0741. The van der Waals surface area contributed by atoms with Gasteiger partial charge in [-0.15, -0.1) is 0 Å². The van der Waals surface area contributed by atoms with Gasteiger partial charge in [0.1, 0.15) is 5.25 Å². The number of amides is 2. The van der Waals surface area contributed by atoms with Crippen molar-refractivity contribution in [1.29, 1.82) is 0 Å². The Morgan fingerprint density at radius 1 is 1.00 bits per heavy atom. The molecule has 5 rings (SSSR count). The molecule has 0 saturated carbocycles. The number of carbonyl (C=O) groups is 2. The van der Waals surface area contributed by atoms with E-state index in [1.54, 1.807) is 29.2 Å². The monoisotopic (exact) mass is 504 g/mol. The molecule has 6 nitrogen and oxygen atoms in total. The van der Waals surface area contributed by atoms with Crippen molar-refractivity contribution in [3.63, 3.8) is 0 Å². The third-order valence-electron chi connectivity index (χ3n) is 6.13. The highest BCUT2D eigenvalue weighted by Gasteiger charge is 2.38. The van der Waals surface area contributed by atoms with E-state index in [4.69, 9.17) is 16.6 Å². The number of benzene rings is 3. The third kappa shape index (κ3) is 4.54. The Morgan fingerprint density at radius 3 is 2.49 bits per heavy atom. The topological polar surface area (TPSA) is 66.7 Å². The number of rotatable bonds is 6. The second-order valence-electron chi connectivity index (χ2n) is 8.31. The minimum atomic E-state index is -0.508. The van der Waals surface area contributed by atoms with Gasteiger partial charge in [0, 0.05) is 52.0 Å². The molecule has 1 saturated heterocycles. The predicted molar refractivity (Wildman–Crippen MR) is 146 cm³/mol. The molecule has 178 valence electrons. The number of fused-ring (bicyclic) bond motifs is 3. The molecule has 1 unspecified atom stereocenters. The maximum absolute atomic E-state index is 13.0. The number of para-hydroxylation sites is 1. The van der Waals surface area contributed by atoms with Crippen molar-refractivity contribution < 1.29 is 9.59 Å². The lowest BCUT2D eigenvalue weighted by Crippen LogP contribution is -2.33. The summed E-state index contributed by atoms with van der Waals surface area (Å²) < 4.78 is 2.29. The van der Waals surface area contributed by atoms with Gasteiger partial charge in [0.15, 0.2) is 5.17 Å². The highest BCUT2D eigenvalue weighted by Crippen LogP contribution is 2.35. The second kappa shape index (κ2) is 9.76. The summed E-state index contributed by atoms with van der Waals surface area (Å²) >= 11 is 7.25. The molecule has 1 aliphatic rings. The Kier molecular flexibility index (Phi) is 6.54. The summed E-state index contributed by atoms with van der Waals surface area (Å²) in [6.45, 7) is 5.44. The van der Waals surface area contributed by atoms with Crippen LogP contribution >= 0.6 is 23.4 Å². The van der Waals surface area contributed by atoms with Crippen LogP contribution in [0.2, 0.25) is 5.02 Å². The molecule has 35 heavy (non-hydrogen) atoms. The number of hydrogen-bond donors (Lipinski definition) is 1. The first-order chi connectivity index (χ1) is 17.0. The maximum Gasteiger partial charge on any atom is 0.242 e. The van der Waals surface area contributed by atoms with E-state index in [1.807, 2.05) is 19.1 Å². The maximum atomic E-state index is 13.0. The van der Waals surface area contributed by atoms with Gasteiger partial charge in [0.05, 0.1) is 5.69 Å². The van der Waals surface area contributed by atoms with Gasteiger partial charge < -0.3 is 9.88 Å². The summed E-state index contributed by atoms with van der Waals surface area (Å²) in [4.78, 5) is 32.1. The number of amidine groups is 1. The number of thioether (sulfide) groups is 1. The van der Waals surface area contributed by atoms with Gasteiger partial charge in [-0.25, -0.2) is 4.99 Å². The fraction of sp³-hybridized carbons (Fsp3) is 0.222. The SMILES string of the molecule is CCN1C(=O)C(CC(=O)Nc2ccc(Cl)cc2)SC1=Nc1ccc2c(c1)c1ccccc1n2CC. The minimum Gasteiger partial charge on any atom is -0.341 e. The predicted octanol–water partition coefficient (Wildman–Crippen LogP) is 6.45. The van der Waals surface area contributed by atoms with Crippen molar-refractivity contribution in [1.82, 2.24) is 9.47 Å². The molecule has 2 heterocycles. The molecule has 3 aromatic carbocycles. The number of carbonyl (C=O) groups excluding carboxylic acids is 2. The van der Waals surface area contributed by atoms with Crippen molar-refractivity contribution in [2.24, 2.45) is 4.99 Å². The van der Waals surface area contributed by atoms with E-state index < -0.39 is 5.25 Å².